The van der Waals surface area contributed by atoms with E-state index in [9.17, 15) is 18.3 Å². The third-order valence-corrected chi connectivity index (χ3v) is 3.70. The number of halogens is 3. The van der Waals surface area contributed by atoms with Gasteiger partial charge in [0.25, 0.3) is 0 Å². The quantitative estimate of drug-likeness (QED) is 0.787. The van der Waals surface area contributed by atoms with E-state index in [0.29, 0.717) is 12.1 Å². The van der Waals surface area contributed by atoms with Crippen molar-refractivity contribution in [3.8, 4) is 0 Å². The molecule has 0 spiro atoms. The summed E-state index contributed by atoms with van der Waals surface area (Å²) >= 11 is 0. The van der Waals surface area contributed by atoms with Gasteiger partial charge in [-0.1, -0.05) is 18.9 Å². The Morgan fingerprint density at radius 1 is 1.28 bits per heavy atom. The highest BCUT2D eigenvalue weighted by Gasteiger charge is 2.35. The molecule has 0 aromatic carbocycles. The summed E-state index contributed by atoms with van der Waals surface area (Å²) in [4.78, 5) is 1.71. The average molecular weight is 261 g/mol. The van der Waals surface area contributed by atoms with E-state index in [1.807, 2.05) is 0 Å². The molecule has 0 unspecified atom stereocenters. The summed E-state index contributed by atoms with van der Waals surface area (Å²) in [6, 6.07) is 0.185. The Morgan fingerprint density at radius 2 is 1.94 bits per heavy atom. The summed E-state index contributed by atoms with van der Waals surface area (Å²) in [6.07, 6.45) is 3.24. The predicted octanol–water partition coefficient (Wildman–Crippen LogP) is 3.35. The molecular formula is C13H18F3NO. The molecule has 2 aliphatic rings. The van der Waals surface area contributed by atoms with Gasteiger partial charge in [-0.2, -0.15) is 13.2 Å². The van der Waals surface area contributed by atoms with Gasteiger partial charge in [0.15, 0.2) is 0 Å². The fraction of sp³-hybridized carbons (Fsp3) is 0.692. The van der Waals surface area contributed by atoms with Crippen molar-refractivity contribution in [2.24, 2.45) is 0 Å². The van der Waals surface area contributed by atoms with Gasteiger partial charge in [0.05, 0.1) is 0 Å². The Labute approximate surface area is 105 Å². The number of alkyl halides is 3. The van der Waals surface area contributed by atoms with Crippen LogP contribution in [0.25, 0.3) is 0 Å². The van der Waals surface area contributed by atoms with Crippen LogP contribution >= 0.6 is 0 Å². The zero-order valence-electron chi connectivity index (χ0n) is 10.2. The molecule has 0 aromatic heterocycles. The number of hydrogen-bond donors (Lipinski definition) is 1. The molecule has 1 saturated carbocycles. The van der Waals surface area contributed by atoms with Crippen molar-refractivity contribution < 1.29 is 18.3 Å². The van der Waals surface area contributed by atoms with Crippen LogP contribution in [0.5, 0.6) is 0 Å². The molecule has 2 aliphatic carbocycles. The number of aliphatic hydroxyl groups is 1. The normalized spacial score (nSPS) is 21.8. The second-order valence-electron chi connectivity index (χ2n) is 4.88. The zero-order valence-corrected chi connectivity index (χ0v) is 10.2. The van der Waals surface area contributed by atoms with E-state index in [1.54, 1.807) is 11.0 Å². The van der Waals surface area contributed by atoms with Gasteiger partial charge in [-0.05, 0) is 31.8 Å². The van der Waals surface area contributed by atoms with Crippen LogP contribution in [0.2, 0.25) is 0 Å². The molecule has 102 valence electrons. The van der Waals surface area contributed by atoms with E-state index in [-0.39, 0.29) is 19.2 Å². The molecule has 2 rings (SSSR count). The first-order chi connectivity index (χ1) is 8.52. The number of aliphatic hydroxyl groups excluding tert-OH is 1. The fourth-order valence-corrected chi connectivity index (χ4v) is 2.73. The number of nitrogens with zero attached hydrogens (tertiary/aromatic N) is 1. The molecule has 5 heteroatoms. The number of allylic oxidation sites excluding steroid dienone is 3. The molecule has 0 radical (unpaired) electrons. The molecule has 0 saturated heterocycles. The van der Waals surface area contributed by atoms with Crippen LogP contribution in [0, 0.1) is 0 Å². The van der Waals surface area contributed by atoms with Crippen molar-refractivity contribution in [3.05, 3.63) is 23.4 Å². The Morgan fingerprint density at radius 3 is 2.50 bits per heavy atom. The summed E-state index contributed by atoms with van der Waals surface area (Å²) in [5, 5.41) is 9.40. The Kier molecular flexibility index (Phi) is 4.00. The maximum atomic E-state index is 12.7. The zero-order chi connectivity index (χ0) is 13.2. The maximum absolute atomic E-state index is 12.7. The van der Waals surface area contributed by atoms with Crippen molar-refractivity contribution in [1.82, 2.24) is 4.90 Å². The summed E-state index contributed by atoms with van der Waals surface area (Å²) in [5.74, 6) is 0. The van der Waals surface area contributed by atoms with E-state index >= 15 is 0 Å². The van der Waals surface area contributed by atoms with Crippen molar-refractivity contribution in [1.29, 1.82) is 0 Å². The summed E-state index contributed by atoms with van der Waals surface area (Å²) in [5.41, 5.74) is 0.0411. The van der Waals surface area contributed by atoms with Crippen LogP contribution < -0.4 is 0 Å². The molecule has 0 bridgehead atoms. The minimum absolute atomic E-state index is 0.0386. The summed E-state index contributed by atoms with van der Waals surface area (Å²) in [7, 11) is 0. The van der Waals surface area contributed by atoms with Gasteiger partial charge >= 0.3 is 6.18 Å². The lowest BCUT2D eigenvalue weighted by Gasteiger charge is -2.32. The molecule has 18 heavy (non-hydrogen) atoms. The first kappa shape index (κ1) is 13.5. The lowest BCUT2D eigenvalue weighted by atomic mass is 10.0. The van der Waals surface area contributed by atoms with Crippen molar-refractivity contribution in [3.63, 3.8) is 0 Å². The van der Waals surface area contributed by atoms with Gasteiger partial charge in [0.1, 0.15) is 6.73 Å². The Hall–Kier alpha value is -0.970. The molecular weight excluding hydrogens is 243 g/mol. The van der Waals surface area contributed by atoms with Crippen LogP contribution in [-0.4, -0.2) is 29.0 Å². The lowest BCUT2D eigenvalue weighted by Crippen LogP contribution is -2.34. The molecule has 0 atom stereocenters. The first-order valence-corrected chi connectivity index (χ1v) is 6.38. The second kappa shape index (κ2) is 5.34. The van der Waals surface area contributed by atoms with Gasteiger partial charge in [-0.25, -0.2) is 0 Å². The van der Waals surface area contributed by atoms with E-state index in [4.69, 9.17) is 0 Å². The SMILES string of the molecule is OCN(C1=CCCC(C(F)(F)F)=C1)C1CCCC1. The van der Waals surface area contributed by atoms with Crippen molar-refractivity contribution in [2.45, 2.75) is 50.7 Å². The molecule has 0 aliphatic heterocycles. The van der Waals surface area contributed by atoms with Crippen LogP contribution in [0.1, 0.15) is 38.5 Å². The van der Waals surface area contributed by atoms with Gasteiger partial charge in [-0.3, -0.25) is 0 Å². The summed E-state index contributed by atoms with van der Waals surface area (Å²) in [6.45, 7) is -0.210. The third-order valence-electron chi connectivity index (χ3n) is 3.70. The van der Waals surface area contributed by atoms with Crippen LogP contribution in [-0.2, 0) is 0 Å². The Bertz CT molecular complexity index is 354. The minimum Gasteiger partial charge on any atom is -0.376 e. The standard InChI is InChI=1S/C13H18F3NO/c14-13(15,16)10-4-3-7-12(8-10)17(9-18)11-5-1-2-6-11/h7-8,11,18H,1-6,9H2. The fourth-order valence-electron chi connectivity index (χ4n) is 2.73. The molecule has 0 heterocycles. The van der Waals surface area contributed by atoms with Gasteiger partial charge < -0.3 is 10.0 Å². The maximum Gasteiger partial charge on any atom is 0.412 e. The number of hydrogen-bond acceptors (Lipinski definition) is 2. The van der Waals surface area contributed by atoms with E-state index in [1.165, 1.54) is 6.08 Å². The monoisotopic (exact) mass is 261 g/mol. The van der Waals surface area contributed by atoms with Crippen molar-refractivity contribution >= 4 is 0 Å². The van der Waals surface area contributed by atoms with Gasteiger partial charge in [-0.15, -0.1) is 0 Å². The lowest BCUT2D eigenvalue weighted by molar-refractivity contribution is -0.0944. The second-order valence-corrected chi connectivity index (χ2v) is 4.88. The minimum atomic E-state index is -4.25. The van der Waals surface area contributed by atoms with Gasteiger partial charge in [0, 0.05) is 17.3 Å². The predicted molar refractivity (Wildman–Crippen MR) is 62.6 cm³/mol. The molecule has 0 amide bonds. The average Bonchev–Trinajstić information content (AvgIpc) is 2.83. The topological polar surface area (TPSA) is 23.5 Å². The van der Waals surface area contributed by atoms with E-state index in [2.05, 4.69) is 0 Å². The third kappa shape index (κ3) is 2.88. The van der Waals surface area contributed by atoms with Crippen LogP contribution in [0.3, 0.4) is 0 Å². The largest absolute Gasteiger partial charge is 0.412 e. The Balaban J connectivity index is 2.15. The molecule has 1 fully saturated rings. The number of rotatable bonds is 3. The molecule has 1 N–H and O–H groups in total. The highest BCUT2D eigenvalue weighted by atomic mass is 19.4. The van der Waals surface area contributed by atoms with E-state index in [0.717, 1.165) is 25.7 Å². The van der Waals surface area contributed by atoms with Crippen molar-refractivity contribution in [2.75, 3.05) is 6.73 Å². The van der Waals surface area contributed by atoms with Crippen LogP contribution in [0.4, 0.5) is 13.2 Å². The smallest absolute Gasteiger partial charge is 0.376 e. The molecule has 0 aromatic rings. The van der Waals surface area contributed by atoms with Crippen LogP contribution in [0.15, 0.2) is 23.4 Å². The summed E-state index contributed by atoms with van der Waals surface area (Å²) < 4.78 is 38.0. The molecule has 2 nitrogen and oxygen atoms in total. The highest BCUT2D eigenvalue weighted by Crippen LogP contribution is 2.35. The van der Waals surface area contributed by atoms with E-state index < -0.39 is 11.7 Å². The van der Waals surface area contributed by atoms with Gasteiger partial charge in [0.2, 0.25) is 0 Å². The first-order valence-electron chi connectivity index (χ1n) is 6.38. The highest BCUT2D eigenvalue weighted by molar-refractivity contribution is 5.30.